The molecule has 1 N–H and O–H groups in total. The van der Waals surface area contributed by atoms with Crippen LogP contribution in [0, 0.1) is 17.2 Å². The van der Waals surface area contributed by atoms with Crippen LogP contribution in [-0.2, 0) is 17.9 Å². The van der Waals surface area contributed by atoms with Crippen LogP contribution in [0.4, 0.5) is 0 Å². The van der Waals surface area contributed by atoms with Gasteiger partial charge < -0.3 is 4.74 Å². The van der Waals surface area contributed by atoms with E-state index >= 15 is 0 Å². The van der Waals surface area contributed by atoms with Gasteiger partial charge in [-0.2, -0.15) is 5.26 Å². The van der Waals surface area contributed by atoms with Crippen LogP contribution in [-0.4, -0.2) is 12.1 Å². The Morgan fingerprint density at radius 3 is 2.27 bits per heavy atom. The lowest BCUT2D eigenvalue weighted by Crippen LogP contribution is -2.53. The predicted octanol–water partition coefficient (Wildman–Crippen LogP) is 4.84. The largest absolute Gasteiger partial charge is 0.377 e. The van der Waals surface area contributed by atoms with Crippen molar-refractivity contribution in [1.29, 1.82) is 5.26 Å². The van der Waals surface area contributed by atoms with Crippen LogP contribution in [0.3, 0.4) is 0 Å². The topological polar surface area (TPSA) is 45.0 Å². The number of nitrogens with zero attached hydrogens (tertiary/aromatic N) is 1. The molecule has 2 aromatic rings. The lowest BCUT2D eigenvalue weighted by molar-refractivity contribution is 0.107. The monoisotopic (exact) mass is 348 g/mol. The summed E-state index contributed by atoms with van der Waals surface area (Å²) in [5, 5.41) is 13.0. The molecule has 0 bridgehead atoms. The van der Waals surface area contributed by atoms with E-state index in [4.69, 9.17) is 4.74 Å². The first-order valence-corrected chi connectivity index (χ1v) is 9.61. The fraction of sp³-hybridized carbons (Fsp3) is 0.435. The molecule has 0 aromatic heterocycles. The highest BCUT2D eigenvalue weighted by molar-refractivity contribution is 5.19. The molecule has 0 amide bonds. The Kier molecular flexibility index (Phi) is 6.82. The highest BCUT2D eigenvalue weighted by Gasteiger charge is 2.43. The molecule has 1 aliphatic carbocycles. The van der Waals surface area contributed by atoms with Crippen LogP contribution in [0.5, 0.6) is 0 Å². The van der Waals surface area contributed by atoms with Gasteiger partial charge in [0.2, 0.25) is 0 Å². The predicted molar refractivity (Wildman–Crippen MR) is 104 cm³/mol. The summed E-state index contributed by atoms with van der Waals surface area (Å²) >= 11 is 0. The third-order valence-corrected chi connectivity index (χ3v) is 5.22. The Balaban J connectivity index is 1.26. The highest BCUT2D eigenvalue weighted by Crippen LogP contribution is 2.40. The molecule has 0 radical (unpaired) electrons. The van der Waals surface area contributed by atoms with E-state index in [9.17, 15) is 5.26 Å². The fourth-order valence-electron chi connectivity index (χ4n) is 3.67. The maximum Gasteiger partial charge on any atom is 0.107 e. The number of nitrogens with one attached hydrogen (secondary N) is 1. The van der Waals surface area contributed by atoms with Crippen molar-refractivity contribution in [3.05, 3.63) is 71.8 Å². The minimum atomic E-state index is -0.315. The van der Waals surface area contributed by atoms with Crippen molar-refractivity contribution in [3.8, 4) is 6.07 Å². The molecule has 3 nitrogen and oxygen atoms in total. The second-order valence-electron chi connectivity index (χ2n) is 7.34. The first kappa shape index (κ1) is 18.6. The van der Waals surface area contributed by atoms with Crippen molar-refractivity contribution in [2.75, 3.05) is 6.61 Å². The lowest BCUT2D eigenvalue weighted by atomic mass is 9.67. The van der Waals surface area contributed by atoms with Crippen LogP contribution in [0.25, 0.3) is 0 Å². The van der Waals surface area contributed by atoms with Gasteiger partial charge >= 0.3 is 0 Å². The van der Waals surface area contributed by atoms with E-state index in [2.05, 4.69) is 35.7 Å². The van der Waals surface area contributed by atoms with E-state index in [1.807, 2.05) is 36.4 Å². The molecule has 1 fully saturated rings. The van der Waals surface area contributed by atoms with Crippen molar-refractivity contribution in [2.45, 2.75) is 50.8 Å². The van der Waals surface area contributed by atoms with Gasteiger partial charge in [0.1, 0.15) is 5.54 Å². The number of nitriles is 1. The molecule has 0 saturated heterocycles. The van der Waals surface area contributed by atoms with Crippen LogP contribution in [0.15, 0.2) is 60.7 Å². The molecule has 3 rings (SSSR count). The molecule has 1 saturated carbocycles. The smallest absolute Gasteiger partial charge is 0.107 e. The molecular formula is C23H28N2O. The summed E-state index contributed by atoms with van der Waals surface area (Å²) < 4.78 is 5.74. The maximum atomic E-state index is 9.55. The highest BCUT2D eigenvalue weighted by atomic mass is 16.5. The summed E-state index contributed by atoms with van der Waals surface area (Å²) in [6.45, 7) is 2.29. The van der Waals surface area contributed by atoms with Crippen molar-refractivity contribution < 1.29 is 4.74 Å². The van der Waals surface area contributed by atoms with E-state index < -0.39 is 0 Å². The number of ether oxygens (including phenoxy) is 1. The molecule has 0 unspecified atom stereocenters. The average molecular weight is 348 g/mol. The molecule has 0 spiro atoms. The van der Waals surface area contributed by atoms with E-state index in [1.165, 1.54) is 24.0 Å². The van der Waals surface area contributed by atoms with Crippen molar-refractivity contribution in [1.82, 2.24) is 5.32 Å². The first-order valence-electron chi connectivity index (χ1n) is 9.61. The van der Waals surface area contributed by atoms with Gasteiger partial charge in [-0.25, -0.2) is 0 Å². The van der Waals surface area contributed by atoms with E-state index in [0.29, 0.717) is 12.5 Å². The summed E-state index contributed by atoms with van der Waals surface area (Å²) in [5.41, 5.74) is 2.15. The van der Waals surface area contributed by atoms with Gasteiger partial charge in [-0.05, 0) is 36.3 Å². The normalized spacial score (nSPS) is 21.7. The second kappa shape index (κ2) is 9.52. The van der Waals surface area contributed by atoms with Gasteiger partial charge in [0.25, 0.3) is 0 Å². The zero-order chi connectivity index (χ0) is 18.1. The summed E-state index contributed by atoms with van der Waals surface area (Å²) in [6, 6.07) is 23.1. The third kappa shape index (κ3) is 5.42. The van der Waals surface area contributed by atoms with E-state index in [-0.39, 0.29) is 5.54 Å². The zero-order valence-corrected chi connectivity index (χ0v) is 15.4. The Morgan fingerprint density at radius 2 is 1.62 bits per heavy atom. The van der Waals surface area contributed by atoms with Gasteiger partial charge in [0.15, 0.2) is 0 Å². The fourth-order valence-corrected chi connectivity index (χ4v) is 3.67. The molecule has 1 aliphatic rings. The van der Waals surface area contributed by atoms with Crippen LogP contribution >= 0.6 is 0 Å². The minimum Gasteiger partial charge on any atom is -0.377 e. The Bertz CT molecular complexity index is 687. The lowest BCUT2D eigenvalue weighted by Gasteiger charge is -2.43. The molecule has 3 heteroatoms. The van der Waals surface area contributed by atoms with Gasteiger partial charge in [-0.1, -0.05) is 73.5 Å². The minimum absolute atomic E-state index is 0.315. The Hall–Kier alpha value is -2.15. The summed E-state index contributed by atoms with van der Waals surface area (Å²) in [6.07, 6.45) is 5.42. The number of hydrogen-bond donors (Lipinski definition) is 1. The summed E-state index contributed by atoms with van der Waals surface area (Å²) in [5.74, 6) is 0.673. The van der Waals surface area contributed by atoms with Gasteiger partial charge in [-0.15, -0.1) is 0 Å². The van der Waals surface area contributed by atoms with Crippen LogP contribution < -0.4 is 5.32 Å². The van der Waals surface area contributed by atoms with Crippen molar-refractivity contribution in [3.63, 3.8) is 0 Å². The first-order chi connectivity index (χ1) is 12.8. The second-order valence-corrected chi connectivity index (χ2v) is 7.34. The molecule has 0 aliphatic heterocycles. The van der Waals surface area contributed by atoms with Gasteiger partial charge in [0.05, 0.1) is 12.7 Å². The zero-order valence-electron chi connectivity index (χ0n) is 15.4. The molecule has 0 atom stereocenters. The van der Waals surface area contributed by atoms with Crippen molar-refractivity contribution >= 4 is 0 Å². The molecule has 136 valence electrons. The molecule has 0 heterocycles. The Morgan fingerprint density at radius 1 is 0.962 bits per heavy atom. The van der Waals surface area contributed by atoms with E-state index in [0.717, 1.165) is 32.4 Å². The number of rotatable bonds is 10. The van der Waals surface area contributed by atoms with Crippen LogP contribution in [0.2, 0.25) is 0 Å². The average Bonchev–Trinajstić information content (AvgIpc) is 2.67. The van der Waals surface area contributed by atoms with Crippen molar-refractivity contribution in [2.24, 2.45) is 5.92 Å². The molecular weight excluding hydrogens is 320 g/mol. The number of benzene rings is 2. The summed E-state index contributed by atoms with van der Waals surface area (Å²) in [7, 11) is 0. The van der Waals surface area contributed by atoms with Crippen LogP contribution in [0.1, 0.15) is 43.2 Å². The maximum absolute atomic E-state index is 9.55. The molecule has 26 heavy (non-hydrogen) atoms. The van der Waals surface area contributed by atoms with Gasteiger partial charge in [-0.3, -0.25) is 5.32 Å². The number of unbranched alkanes of at least 4 members (excludes halogenated alkanes) is 1. The SMILES string of the molecule is N#CC1(NCc2ccccc2)CC(CCCCOCc2ccccc2)C1. The Labute approximate surface area is 157 Å². The number of hydrogen-bond acceptors (Lipinski definition) is 3. The summed E-state index contributed by atoms with van der Waals surface area (Å²) in [4.78, 5) is 0. The standard InChI is InChI=1S/C23H28N2O/c24-19-23(25-17-20-9-3-1-4-10-20)15-22(16-23)13-7-8-14-26-18-21-11-5-2-6-12-21/h1-6,9-12,22,25H,7-8,13-18H2. The quantitative estimate of drug-likeness (QED) is 0.625. The van der Waals surface area contributed by atoms with E-state index in [1.54, 1.807) is 0 Å². The third-order valence-electron chi connectivity index (χ3n) is 5.22. The van der Waals surface area contributed by atoms with Gasteiger partial charge in [0, 0.05) is 13.2 Å². The molecule has 2 aromatic carbocycles.